The zero-order chi connectivity index (χ0) is 13.9. The average Bonchev–Trinajstić information content (AvgIpc) is 2.18. The van der Waals surface area contributed by atoms with E-state index in [2.05, 4.69) is 0 Å². The molecular formula is C10H9Cl2F3N2O. The standard InChI is InChI=1S/C10H9Cl2F3N2O/c11-5-1-2-6(7(12)3-5)8(9(16)18)17-4-10(13,14)15/h1-3,8,17H,4H2,(H2,16,18). The van der Waals surface area contributed by atoms with Gasteiger partial charge in [-0.3, -0.25) is 10.1 Å². The molecular weight excluding hydrogens is 292 g/mol. The Labute approximate surface area is 111 Å². The van der Waals surface area contributed by atoms with Gasteiger partial charge in [0.25, 0.3) is 0 Å². The molecule has 1 aromatic rings. The second-order valence-electron chi connectivity index (χ2n) is 3.50. The third-order valence-electron chi connectivity index (χ3n) is 2.06. The lowest BCUT2D eigenvalue weighted by Crippen LogP contribution is -2.39. The fraction of sp³-hybridized carbons (Fsp3) is 0.300. The summed E-state index contributed by atoms with van der Waals surface area (Å²) in [5.74, 6) is -0.955. The molecule has 3 N–H and O–H groups in total. The van der Waals surface area contributed by atoms with E-state index >= 15 is 0 Å². The maximum atomic E-state index is 12.1. The minimum atomic E-state index is -4.45. The van der Waals surface area contributed by atoms with Crippen LogP contribution < -0.4 is 11.1 Å². The summed E-state index contributed by atoms with van der Waals surface area (Å²) in [4.78, 5) is 11.2. The molecule has 0 aliphatic rings. The Morgan fingerprint density at radius 1 is 1.39 bits per heavy atom. The van der Waals surface area contributed by atoms with Crippen LogP contribution >= 0.6 is 23.2 Å². The largest absolute Gasteiger partial charge is 0.401 e. The lowest BCUT2D eigenvalue weighted by Gasteiger charge is -2.18. The molecule has 0 saturated carbocycles. The van der Waals surface area contributed by atoms with Crippen molar-refractivity contribution in [1.29, 1.82) is 0 Å². The first-order valence-corrected chi connectivity index (χ1v) is 5.50. The van der Waals surface area contributed by atoms with Crippen molar-refractivity contribution in [3.8, 4) is 0 Å². The van der Waals surface area contributed by atoms with Crippen molar-refractivity contribution in [2.24, 2.45) is 5.73 Å². The van der Waals surface area contributed by atoms with Gasteiger partial charge in [-0.1, -0.05) is 29.3 Å². The van der Waals surface area contributed by atoms with E-state index in [1.54, 1.807) is 0 Å². The summed E-state index contributed by atoms with van der Waals surface area (Å²) >= 11 is 11.5. The van der Waals surface area contributed by atoms with Crippen molar-refractivity contribution in [1.82, 2.24) is 5.32 Å². The Kier molecular flexibility index (Phi) is 4.84. The van der Waals surface area contributed by atoms with Gasteiger partial charge in [0.1, 0.15) is 6.04 Å². The van der Waals surface area contributed by atoms with Crippen LogP contribution in [0, 0.1) is 0 Å². The SMILES string of the molecule is NC(=O)C(NCC(F)(F)F)c1ccc(Cl)cc1Cl. The highest BCUT2D eigenvalue weighted by molar-refractivity contribution is 6.35. The first kappa shape index (κ1) is 15.1. The van der Waals surface area contributed by atoms with Crippen LogP contribution in [0.2, 0.25) is 10.0 Å². The van der Waals surface area contributed by atoms with Crippen LogP contribution in [0.3, 0.4) is 0 Å². The molecule has 1 unspecified atom stereocenters. The van der Waals surface area contributed by atoms with Crippen molar-refractivity contribution in [3.63, 3.8) is 0 Å². The van der Waals surface area contributed by atoms with Gasteiger partial charge in [0, 0.05) is 10.0 Å². The Morgan fingerprint density at radius 3 is 2.44 bits per heavy atom. The molecule has 0 fully saturated rings. The van der Waals surface area contributed by atoms with Crippen molar-refractivity contribution >= 4 is 29.1 Å². The Morgan fingerprint density at radius 2 is 2.00 bits per heavy atom. The van der Waals surface area contributed by atoms with Crippen LogP contribution in [0.1, 0.15) is 11.6 Å². The van der Waals surface area contributed by atoms with E-state index in [9.17, 15) is 18.0 Å². The number of halogens is 5. The fourth-order valence-electron chi connectivity index (χ4n) is 1.32. The maximum Gasteiger partial charge on any atom is 0.401 e. The predicted octanol–water partition coefficient (Wildman–Crippen LogP) is 2.67. The number of carbonyl (C=O) groups excluding carboxylic acids is 1. The molecule has 1 atom stereocenters. The summed E-state index contributed by atoms with van der Waals surface area (Å²) < 4.78 is 36.3. The molecule has 1 aromatic carbocycles. The molecule has 0 saturated heterocycles. The second kappa shape index (κ2) is 5.77. The minimum absolute atomic E-state index is 0.0703. The lowest BCUT2D eigenvalue weighted by molar-refractivity contribution is -0.130. The van der Waals surface area contributed by atoms with Crippen LogP contribution in [0.25, 0.3) is 0 Å². The van der Waals surface area contributed by atoms with Gasteiger partial charge in [-0.25, -0.2) is 0 Å². The van der Waals surface area contributed by atoms with Gasteiger partial charge in [0.05, 0.1) is 6.54 Å². The molecule has 1 rings (SSSR count). The molecule has 0 bridgehead atoms. The summed E-state index contributed by atoms with van der Waals surface area (Å²) in [5.41, 5.74) is 5.20. The van der Waals surface area contributed by atoms with E-state index in [-0.39, 0.29) is 10.6 Å². The molecule has 3 nitrogen and oxygen atoms in total. The van der Waals surface area contributed by atoms with E-state index < -0.39 is 24.7 Å². The first-order chi connectivity index (χ1) is 8.20. The molecule has 0 spiro atoms. The highest BCUT2D eigenvalue weighted by atomic mass is 35.5. The predicted molar refractivity (Wildman–Crippen MR) is 62.5 cm³/mol. The Bertz CT molecular complexity index is 451. The number of alkyl halides is 3. The van der Waals surface area contributed by atoms with E-state index in [0.29, 0.717) is 5.02 Å². The molecule has 0 radical (unpaired) electrons. The molecule has 100 valence electrons. The average molecular weight is 301 g/mol. The second-order valence-corrected chi connectivity index (χ2v) is 4.34. The number of carbonyl (C=O) groups is 1. The number of benzene rings is 1. The third kappa shape index (κ3) is 4.36. The molecule has 0 aliphatic carbocycles. The van der Waals surface area contributed by atoms with Gasteiger partial charge in [-0.05, 0) is 17.7 Å². The highest BCUT2D eigenvalue weighted by Gasteiger charge is 2.30. The zero-order valence-corrected chi connectivity index (χ0v) is 10.4. The molecule has 1 amide bonds. The van der Waals surface area contributed by atoms with Crippen molar-refractivity contribution in [2.75, 3.05) is 6.54 Å². The topological polar surface area (TPSA) is 55.1 Å². The summed E-state index contributed by atoms with van der Waals surface area (Å²) in [5, 5.41) is 2.39. The monoisotopic (exact) mass is 300 g/mol. The Balaban J connectivity index is 2.95. The number of rotatable bonds is 4. The molecule has 0 heterocycles. The van der Waals surface area contributed by atoms with Gasteiger partial charge in [-0.15, -0.1) is 0 Å². The van der Waals surface area contributed by atoms with Crippen molar-refractivity contribution < 1.29 is 18.0 Å². The van der Waals surface area contributed by atoms with E-state index in [0.717, 1.165) is 0 Å². The summed E-state index contributed by atoms with van der Waals surface area (Å²) in [6.45, 7) is -1.35. The van der Waals surface area contributed by atoms with Gasteiger partial charge in [0.15, 0.2) is 0 Å². The summed E-state index contributed by atoms with van der Waals surface area (Å²) in [6.07, 6.45) is -4.45. The van der Waals surface area contributed by atoms with Crippen LogP contribution in [0.15, 0.2) is 18.2 Å². The molecule has 0 aromatic heterocycles. The van der Waals surface area contributed by atoms with Gasteiger partial charge >= 0.3 is 6.18 Å². The fourth-order valence-corrected chi connectivity index (χ4v) is 1.83. The summed E-state index contributed by atoms with van der Waals surface area (Å²) in [7, 11) is 0. The number of amides is 1. The van der Waals surface area contributed by atoms with Crippen LogP contribution in [-0.2, 0) is 4.79 Å². The van der Waals surface area contributed by atoms with Crippen molar-refractivity contribution in [2.45, 2.75) is 12.2 Å². The van der Waals surface area contributed by atoms with Gasteiger partial charge in [0.2, 0.25) is 5.91 Å². The molecule has 0 aliphatic heterocycles. The van der Waals surface area contributed by atoms with Crippen molar-refractivity contribution in [3.05, 3.63) is 33.8 Å². The minimum Gasteiger partial charge on any atom is -0.368 e. The lowest BCUT2D eigenvalue weighted by atomic mass is 10.1. The smallest absolute Gasteiger partial charge is 0.368 e. The summed E-state index contributed by atoms with van der Waals surface area (Å²) in [6, 6.07) is 2.76. The van der Waals surface area contributed by atoms with E-state index in [1.165, 1.54) is 18.2 Å². The van der Waals surface area contributed by atoms with E-state index in [4.69, 9.17) is 28.9 Å². The number of hydrogen-bond acceptors (Lipinski definition) is 2. The van der Waals surface area contributed by atoms with Gasteiger partial charge in [-0.2, -0.15) is 13.2 Å². The molecule has 8 heteroatoms. The maximum absolute atomic E-state index is 12.1. The zero-order valence-electron chi connectivity index (χ0n) is 8.89. The third-order valence-corrected chi connectivity index (χ3v) is 2.63. The van der Waals surface area contributed by atoms with Gasteiger partial charge < -0.3 is 5.73 Å². The quantitative estimate of drug-likeness (QED) is 0.898. The van der Waals surface area contributed by atoms with E-state index in [1.807, 2.05) is 5.32 Å². The molecule has 18 heavy (non-hydrogen) atoms. The number of nitrogens with one attached hydrogen (secondary N) is 1. The number of nitrogens with two attached hydrogens (primary N) is 1. The Hall–Kier alpha value is -0.980. The first-order valence-electron chi connectivity index (χ1n) is 4.75. The number of hydrogen-bond donors (Lipinski definition) is 2. The normalized spacial score (nSPS) is 13.4. The number of primary amides is 1. The van der Waals surface area contributed by atoms with Crippen LogP contribution in [-0.4, -0.2) is 18.6 Å². The van der Waals surface area contributed by atoms with Crippen LogP contribution in [0.5, 0.6) is 0 Å². The highest BCUT2D eigenvalue weighted by Crippen LogP contribution is 2.27. The van der Waals surface area contributed by atoms with Crippen LogP contribution in [0.4, 0.5) is 13.2 Å².